The van der Waals surface area contributed by atoms with Crippen molar-refractivity contribution in [2.75, 3.05) is 32.1 Å². The molecule has 0 bridgehead atoms. The highest BCUT2D eigenvalue weighted by Gasteiger charge is 2.20. The first-order valence-corrected chi connectivity index (χ1v) is 10.3. The summed E-state index contributed by atoms with van der Waals surface area (Å²) in [5, 5.41) is 5.84. The van der Waals surface area contributed by atoms with E-state index in [1.165, 1.54) is 11.9 Å². The van der Waals surface area contributed by atoms with E-state index < -0.39 is 24.0 Å². The van der Waals surface area contributed by atoms with Gasteiger partial charge in [0.1, 0.15) is 17.1 Å². The van der Waals surface area contributed by atoms with Gasteiger partial charge in [-0.2, -0.15) is 0 Å². The number of pyridine rings is 1. The Morgan fingerprint density at radius 2 is 1.78 bits per heavy atom. The van der Waals surface area contributed by atoms with Gasteiger partial charge >= 0.3 is 5.97 Å². The minimum atomic E-state index is -0.701. The predicted molar refractivity (Wildman–Crippen MR) is 121 cm³/mol. The molecule has 0 saturated heterocycles. The molecule has 172 valence electrons. The Balaban J connectivity index is 1.96. The number of nitrogens with zero attached hydrogens (tertiary/aromatic N) is 2. The van der Waals surface area contributed by atoms with Crippen LogP contribution in [-0.4, -0.2) is 60.0 Å². The number of rotatable bonds is 9. The lowest BCUT2D eigenvalue weighted by Gasteiger charge is -2.23. The average Bonchev–Trinajstić information content (AvgIpc) is 2.72. The van der Waals surface area contributed by atoms with Gasteiger partial charge in [-0.3, -0.25) is 9.59 Å². The largest absolute Gasteiger partial charge is 0.494 e. The molecule has 2 N–H and O–H groups in total. The minimum absolute atomic E-state index is 0.134. The summed E-state index contributed by atoms with van der Waals surface area (Å²) in [6.07, 6.45) is 1.54. The molecule has 2 amide bonds. The van der Waals surface area contributed by atoms with E-state index in [-0.39, 0.29) is 18.0 Å². The third kappa shape index (κ3) is 7.90. The summed E-state index contributed by atoms with van der Waals surface area (Å²) in [6.45, 7) is 7.39. The van der Waals surface area contributed by atoms with Crippen LogP contribution in [0.4, 0.5) is 11.5 Å². The second-order valence-electron chi connectivity index (χ2n) is 8.11. The zero-order valence-corrected chi connectivity index (χ0v) is 19.1. The third-order valence-electron chi connectivity index (χ3n) is 4.10. The Labute approximate surface area is 188 Å². The SMILES string of the molecule is CCOc1ccc(Nc2ncccc2C(=O)OCC(=O)N(C)CC(=O)NC(C)(C)C)cc1. The summed E-state index contributed by atoms with van der Waals surface area (Å²) in [7, 11) is 1.47. The van der Waals surface area contributed by atoms with E-state index in [0.717, 1.165) is 5.75 Å². The quantitative estimate of drug-likeness (QED) is 0.575. The van der Waals surface area contributed by atoms with Crippen LogP contribution in [0.2, 0.25) is 0 Å². The number of anilines is 2. The standard InChI is InChI=1S/C23H30N4O5/c1-6-31-17-11-9-16(10-12-17)25-21-18(8-7-13-24-21)22(30)32-15-20(29)27(5)14-19(28)26-23(2,3)4/h7-13H,6,14-15H2,1-5H3,(H,24,25)(H,26,28). The highest BCUT2D eigenvalue weighted by molar-refractivity contribution is 5.96. The van der Waals surface area contributed by atoms with Crippen molar-refractivity contribution in [1.29, 1.82) is 0 Å². The molecule has 0 unspecified atom stereocenters. The molecule has 2 rings (SSSR count). The minimum Gasteiger partial charge on any atom is -0.494 e. The predicted octanol–water partition coefficient (Wildman–Crippen LogP) is 2.75. The van der Waals surface area contributed by atoms with Crippen molar-refractivity contribution in [1.82, 2.24) is 15.2 Å². The number of hydrogen-bond donors (Lipinski definition) is 2. The second-order valence-corrected chi connectivity index (χ2v) is 8.11. The number of benzene rings is 1. The molecule has 0 aliphatic carbocycles. The van der Waals surface area contributed by atoms with E-state index in [1.807, 2.05) is 27.7 Å². The van der Waals surface area contributed by atoms with Crippen molar-refractivity contribution in [2.45, 2.75) is 33.2 Å². The van der Waals surface area contributed by atoms with Gasteiger partial charge in [0.15, 0.2) is 6.61 Å². The Hall–Kier alpha value is -3.62. The van der Waals surface area contributed by atoms with Crippen LogP contribution in [0.1, 0.15) is 38.1 Å². The van der Waals surface area contributed by atoms with Crippen LogP contribution < -0.4 is 15.4 Å². The fourth-order valence-electron chi connectivity index (χ4n) is 2.68. The van der Waals surface area contributed by atoms with E-state index >= 15 is 0 Å². The third-order valence-corrected chi connectivity index (χ3v) is 4.10. The summed E-state index contributed by atoms with van der Waals surface area (Å²) in [5.41, 5.74) is 0.490. The summed E-state index contributed by atoms with van der Waals surface area (Å²) in [4.78, 5) is 42.2. The maximum absolute atomic E-state index is 12.6. The topological polar surface area (TPSA) is 110 Å². The molecular formula is C23H30N4O5. The molecule has 9 nitrogen and oxygen atoms in total. The fourth-order valence-corrected chi connectivity index (χ4v) is 2.68. The second kappa shape index (κ2) is 11.1. The maximum atomic E-state index is 12.6. The van der Waals surface area contributed by atoms with Gasteiger partial charge in [-0.15, -0.1) is 0 Å². The Morgan fingerprint density at radius 3 is 2.41 bits per heavy atom. The molecule has 0 radical (unpaired) electrons. The lowest BCUT2D eigenvalue weighted by molar-refractivity contribution is -0.137. The Bertz CT molecular complexity index is 938. The molecule has 2 aromatic rings. The van der Waals surface area contributed by atoms with Gasteiger partial charge in [0.25, 0.3) is 5.91 Å². The van der Waals surface area contributed by atoms with Crippen LogP contribution in [0.15, 0.2) is 42.6 Å². The van der Waals surface area contributed by atoms with Gasteiger partial charge in [0, 0.05) is 24.5 Å². The maximum Gasteiger partial charge on any atom is 0.342 e. The highest BCUT2D eigenvalue weighted by atomic mass is 16.5. The molecule has 0 aliphatic heterocycles. The Morgan fingerprint density at radius 1 is 1.09 bits per heavy atom. The molecule has 1 aromatic carbocycles. The number of carbonyl (C=O) groups excluding carboxylic acids is 3. The van der Waals surface area contributed by atoms with Crippen LogP contribution in [0, 0.1) is 0 Å². The van der Waals surface area contributed by atoms with Crippen molar-refractivity contribution in [3.63, 3.8) is 0 Å². The first-order valence-electron chi connectivity index (χ1n) is 10.3. The lowest BCUT2D eigenvalue weighted by Crippen LogP contribution is -2.46. The first-order chi connectivity index (χ1) is 15.1. The average molecular weight is 443 g/mol. The number of ether oxygens (including phenoxy) is 2. The summed E-state index contributed by atoms with van der Waals surface area (Å²) in [5.74, 6) is -0.460. The summed E-state index contributed by atoms with van der Waals surface area (Å²) >= 11 is 0. The Kier molecular flexibility index (Phi) is 8.57. The zero-order chi connectivity index (χ0) is 23.7. The number of amides is 2. The van der Waals surface area contributed by atoms with Gasteiger partial charge in [-0.1, -0.05) is 0 Å². The van der Waals surface area contributed by atoms with Crippen molar-refractivity contribution < 1.29 is 23.9 Å². The van der Waals surface area contributed by atoms with Crippen molar-refractivity contribution >= 4 is 29.3 Å². The van der Waals surface area contributed by atoms with E-state index in [1.54, 1.807) is 42.6 Å². The number of hydrogen-bond acceptors (Lipinski definition) is 7. The molecule has 1 heterocycles. The van der Waals surface area contributed by atoms with Gasteiger partial charge in [0.2, 0.25) is 5.91 Å². The number of carbonyl (C=O) groups is 3. The van der Waals surface area contributed by atoms with Crippen LogP contribution in [0.3, 0.4) is 0 Å². The number of esters is 1. The summed E-state index contributed by atoms with van der Waals surface area (Å²) in [6, 6.07) is 10.4. The van der Waals surface area contributed by atoms with Crippen LogP contribution in [0.5, 0.6) is 5.75 Å². The molecule has 32 heavy (non-hydrogen) atoms. The molecule has 0 atom stereocenters. The molecule has 1 aromatic heterocycles. The summed E-state index contributed by atoms with van der Waals surface area (Å²) < 4.78 is 10.6. The number of likely N-dealkylation sites (N-methyl/N-ethyl adjacent to an activating group) is 1. The van der Waals surface area contributed by atoms with Gasteiger partial charge < -0.3 is 25.0 Å². The van der Waals surface area contributed by atoms with E-state index in [0.29, 0.717) is 18.1 Å². The monoisotopic (exact) mass is 442 g/mol. The highest BCUT2D eigenvalue weighted by Crippen LogP contribution is 2.21. The zero-order valence-electron chi connectivity index (χ0n) is 19.1. The van der Waals surface area contributed by atoms with Crippen molar-refractivity contribution in [2.24, 2.45) is 0 Å². The molecule has 9 heteroatoms. The molecule has 0 saturated carbocycles. The van der Waals surface area contributed by atoms with E-state index in [9.17, 15) is 14.4 Å². The molecule has 0 fully saturated rings. The van der Waals surface area contributed by atoms with Gasteiger partial charge in [-0.25, -0.2) is 9.78 Å². The van der Waals surface area contributed by atoms with Crippen LogP contribution >= 0.6 is 0 Å². The fraction of sp³-hybridized carbons (Fsp3) is 0.391. The van der Waals surface area contributed by atoms with E-state index in [4.69, 9.17) is 9.47 Å². The molecule has 0 spiro atoms. The van der Waals surface area contributed by atoms with E-state index in [2.05, 4.69) is 15.6 Å². The number of aromatic nitrogens is 1. The normalized spacial score (nSPS) is 10.8. The van der Waals surface area contributed by atoms with Gasteiger partial charge in [0.05, 0.1) is 13.2 Å². The van der Waals surface area contributed by atoms with Crippen molar-refractivity contribution in [3.05, 3.63) is 48.2 Å². The first kappa shape index (κ1) is 24.6. The smallest absolute Gasteiger partial charge is 0.342 e. The molecule has 0 aliphatic rings. The number of nitrogens with one attached hydrogen (secondary N) is 2. The lowest BCUT2D eigenvalue weighted by atomic mass is 10.1. The van der Waals surface area contributed by atoms with Crippen LogP contribution in [-0.2, 0) is 14.3 Å². The van der Waals surface area contributed by atoms with Crippen LogP contribution in [0.25, 0.3) is 0 Å². The van der Waals surface area contributed by atoms with Crippen molar-refractivity contribution in [3.8, 4) is 5.75 Å². The molecular weight excluding hydrogens is 412 g/mol. The van der Waals surface area contributed by atoms with Gasteiger partial charge in [-0.05, 0) is 64.1 Å².